The average Bonchev–Trinajstić information content (AvgIpc) is 2.55. The molecule has 1 aliphatic rings. The largest absolute Gasteiger partial charge is 0.387 e. The third-order valence-corrected chi connectivity index (χ3v) is 4.26. The molecule has 2 aromatic carbocycles. The van der Waals surface area contributed by atoms with Gasteiger partial charge >= 0.3 is 0 Å². The molecule has 3 unspecified atom stereocenters. The predicted molar refractivity (Wildman–Crippen MR) is 87.5 cm³/mol. The van der Waals surface area contributed by atoms with Crippen molar-refractivity contribution in [3.8, 4) is 0 Å². The van der Waals surface area contributed by atoms with Crippen LogP contribution in [0.1, 0.15) is 30.3 Å². The predicted octanol–water partition coefficient (Wildman–Crippen LogP) is 3.46. The van der Waals surface area contributed by atoms with Crippen molar-refractivity contribution >= 4 is 0 Å². The minimum absolute atomic E-state index is 0.00854. The van der Waals surface area contributed by atoms with Crippen LogP contribution in [0.3, 0.4) is 0 Å². The fraction of sp³-hybridized carbons (Fsp3) is 0.368. The number of aliphatic hydroxyl groups is 1. The molecule has 0 aromatic heterocycles. The maximum Gasteiger partial charge on any atom is 0.131 e. The topological polar surface area (TPSA) is 32.7 Å². The minimum atomic E-state index is -1.01. The average molecular weight is 333 g/mol. The Balaban J connectivity index is 1.69. The molecule has 0 saturated carbocycles. The van der Waals surface area contributed by atoms with E-state index in [2.05, 4.69) is 4.90 Å². The van der Waals surface area contributed by atoms with Gasteiger partial charge in [0.25, 0.3) is 0 Å². The van der Waals surface area contributed by atoms with Crippen LogP contribution in [0.25, 0.3) is 0 Å². The number of aliphatic hydroxyl groups excluding tert-OH is 1. The molecule has 1 heterocycles. The number of β-amino-alcohol motifs (C(OH)–C–C–N with tert-alkyl or cyclic N) is 1. The number of hydrogen-bond acceptors (Lipinski definition) is 3. The second kappa shape index (κ2) is 7.38. The van der Waals surface area contributed by atoms with Gasteiger partial charge in [-0.15, -0.1) is 0 Å². The molecule has 0 spiro atoms. The Bertz CT molecular complexity index is 680. The normalized spacial score (nSPS) is 23.2. The van der Waals surface area contributed by atoms with Crippen molar-refractivity contribution in [2.75, 3.05) is 19.6 Å². The molecule has 3 atom stereocenters. The lowest BCUT2D eigenvalue weighted by Gasteiger charge is -2.38. The fourth-order valence-electron chi connectivity index (χ4n) is 3.15. The molecule has 128 valence electrons. The lowest BCUT2D eigenvalue weighted by atomic mass is 10.0. The van der Waals surface area contributed by atoms with Gasteiger partial charge in [0.15, 0.2) is 0 Å². The van der Waals surface area contributed by atoms with Crippen molar-refractivity contribution in [3.05, 3.63) is 71.3 Å². The smallest absolute Gasteiger partial charge is 0.131 e. The van der Waals surface area contributed by atoms with Crippen LogP contribution in [-0.4, -0.2) is 35.7 Å². The van der Waals surface area contributed by atoms with Crippen LogP contribution in [-0.2, 0) is 4.74 Å². The number of halogens is 2. The molecule has 1 saturated heterocycles. The van der Waals surface area contributed by atoms with E-state index < -0.39 is 17.7 Å². The van der Waals surface area contributed by atoms with Crippen LogP contribution in [0.5, 0.6) is 0 Å². The fourth-order valence-corrected chi connectivity index (χ4v) is 3.15. The minimum Gasteiger partial charge on any atom is -0.387 e. The first-order valence-electron chi connectivity index (χ1n) is 8.08. The zero-order valence-electron chi connectivity index (χ0n) is 13.5. The van der Waals surface area contributed by atoms with Crippen molar-refractivity contribution in [2.24, 2.45) is 0 Å². The summed E-state index contributed by atoms with van der Waals surface area (Å²) in [7, 11) is 0. The van der Waals surface area contributed by atoms with E-state index in [1.807, 2.05) is 37.3 Å². The number of rotatable bonds is 4. The van der Waals surface area contributed by atoms with E-state index in [4.69, 9.17) is 4.74 Å². The van der Waals surface area contributed by atoms with Crippen molar-refractivity contribution < 1.29 is 18.6 Å². The highest BCUT2D eigenvalue weighted by molar-refractivity contribution is 5.22. The van der Waals surface area contributed by atoms with Gasteiger partial charge in [0, 0.05) is 31.3 Å². The maximum absolute atomic E-state index is 13.8. The van der Waals surface area contributed by atoms with Gasteiger partial charge in [0.1, 0.15) is 11.6 Å². The van der Waals surface area contributed by atoms with Crippen LogP contribution in [0, 0.1) is 11.6 Å². The molecule has 1 aliphatic heterocycles. The van der Waals surface area contributed by atoms with E-state index in [0.29, 0.717) is 13.1 Å². The first-order valence-corrected chi connectivity index (χ1v) is 8.08. The van der Waals surface area contributed by atoms with Gasteiger partial charge in [-0.1, -0.05) is 36.4 Å². The Kier molecular flexibility index (Phi) is 5.23. The van der Waals surface area contributed by atoms with Crippen molar-refractivity contribution in [3.63, 3.8) is 0 Å². The van der Waals surface area contributed by atoms with Crippen LogP contribution in [0.2, 0.25) is 0 Å². The molecule has 1 fully saturated rings. The second-order valence-corrected chi connectivity index (χ2v) is 6.25. The Hall–Kier alpha value is -1.82. The highest BCUT2D eigenvalue weighted by atomic mass is 19.1. The summed E-state index contributed by atoms with van der Waals surface area (Å²) < 4.78 is 32.8. The Morgan fingerprint density at radius 1 is 1.17 bits per heavy atom. The molecule has 0 aliphatic carbocycles. The first-order chi connectivity index (χ1) is 11.5. The SMILES string of the molecule is CC1CN(CC(O)c2ccc(F)cc2F)CC(c2ccccc2)O1. The number of ether oxygens (including phenoxy) is 1. The van der Waals surface area contributed by atoms with E-state index in [1.165, 1.54) is 6.07 Å². The Labute approximate surface area is 140 Å². The maximum atomic E-state index is 13.8. The molecule has 24 heavy (non-hydrogen) atoms. The monoisotopic (exact) mass is 333 g/mol. The summed E-state index contributed by atoms with van der Waals surface area (Å²) in [4.78, 5) is 2.05. The summed E-state index contributed by atoms with van der Waals surface area (Å²) in [6, 6.07) is 13.2. The van der Waals surface area contributed by atoms with E-state index in [9.17, 15) is 13.9 Å². The molecule has 2 aromatic rings. The zero-order chi connectivity index (χ0) is 17.1. The van der Waals surface area contributed by atoms with Crippen molar-refractivity contribution in [2.45, 2.75) is 25.2 Å². The highest BCUT2D eigenvalue weighted by Gasteiger charge is 2.28. The van der Waals surface area contributed by atoms with Crippen LogP contribution < -0.4 is 0 Å². The summed E-state index contributed by atoms with van der Waals surface area (Å²) in [6.07, 6.45) is -1.08. The van der Waals surface area contributed by atoms with Gasteiger partial charge in [-0.25, -0.2) is 8.78 Å². The lowest BCUT2D eigenvalue weighted by molar-refractivity contribution is -0.0871. The molecule has 3 nitrogen and oxygen atoms in total. The molecule has 0 radical (unpaired) electrons. The van der Waals surface area contributed by atoms with Crippen molar-refractivity contribution in [1.82, 2.24) is 4.90 Å². The van der Waals surface area contributed by atoms with Crippen LogP contribution in [0.15, 0.2) is 48.5 Å². The molecule has 3 rings (SSSR count). The van der Waals surface area contributed by atoms with E-state index in [1.54, 1.807) is 0 Å². The second-order valence-electron chi connectivity index (χ2n) is 6.25. The molecule has 0 bridgehead atoms. The van der Waals surface area contributed by atoms with Crippen molar-refractivity contribution in [1.29, 1.82) is 0 Å². The van der Waals surface area contributed by atoms with Crippen LogP contribution in [0.4, 0.5) is 8.78 Å². The van der Waals surface area contributed by atoms with Crippen LogP contribution >= 0.6 is 0 Å². The molecule has 1 N–H and O–H groups in total. The highest BCUT2D eigenvalue weighted by Crippen LogP contribution is 2.27. The summed E-state index contributed by atoms with van der Waals surface area (Å²) in [5.74, 6) is -1.36. The zero-order valence-corrected chi connectivity index (χ0v) is 13.5. The summed E-state index contributed by atoms with van der Waals surface area (Å²) in [6.45, 7) is 3.53. The molecule has 5 heteroatoms. The van der Waals surface area contributed by atoms with E-state index >= 15 is 0 Å². The van der Waals surface area contributed by atoms with Gasteiger partial charge in [-0.05, 0) is 18.6 Å². The lowest BCUT2D eigenvalue weighted by Crippen LogP contribution is -2.44. The summed E-state index contributed by atoms with van der Waals surface area (Å²) in [5.41, 5.74) is 1.20. The summed E-state index contributed by atoms with van der Waals surface area (Å²) in [5, 5.41) is 10.3. The third-order valence-electron chi connectivity index (χ3n) is 4.26. The molecular formula is C19H21F2NO2. The molecular weight excluding hydrogens is 312 g/mol. The standard InChI is InChI=1S/C19H21F2NO2/c1-13-10-22(12-19(24-13)14-5-3-2-4-6-14)11-18(23)16-8-7-15(20)9-17(16)21/h2-9,13,18-19,23H,10-12H2,1H3. The van der Waals surface area contributed by atoms with Gasteiger partial charge in [-0.2, -0.15) is 0 Å². The van der Waals surface area contributed by atoms with Gasteiger partial charge in [0.2, 0.25) is 0 Å². The van der Waals surface area contributed by atoms with E-state index in [-0.39, 0.29) is 24.3 Å². The Morgan fingerprint density at radius 3 is 2.62 bits per heavy atom. The third kappa shape index (κ3) is 3.98. The Morgan fingerprint density at radius 2 is 1.92 bits per heavy atom. The quantitative estimate of drug-likeness (QED) is 0.930. The van der Waals surface area contributed by atoms with Gasteiger partial charge in [0.05, 0.1) is 18.3 Å². The number of hydrogen-bond donors (Lipinski definition) is 1. The van der Waals surface area contributed by atoms with Gasteiger partial charge in [-0.3, -0.25) is 4.90 Å². The first kappa shape index (κ1) is 17.0. The number of benzene rings is 2. The summed E-state index contributed by atoms with van der Waals surface area (Å²) >= 11 is 0. The number of morpholine rings is 1. The number of nitrogens with zero attached hydrogens (tertiary/aromatic N) is 1. The van der Waals surface area contributed by atoms with E-state index in [0.717, 1.165) is 17.7 Å². The molecule has 0 amide bonds. The van der Waals surface area contributed by atoms with Gasteiger partial charge < -0.3 is 9.84 Å².